The molecule has 2 atom stereocenters. The zero-order chi connectivity index (χ0) is 37.7. The summed E-state index contributed by atoms with van der Waals surface area (Å²) in [6.07, 6.45) is 3.13. The topological polar surface area (TPSA) is 17.1 Å². The minimum absolute atomic E-state index is 0.113. The van der Waals surface area contributed by atoms with Crippen molar-refractivity contribution in [1.82, 2.24) is 0 Å². The molecule has 0 radical (unpaired) electrons. The summed E-state index contributed by atoms with van der Waals surface area (Å²) < 4.78 is 19.2. The van der Waals surface area contributed by atoms with Crippen LogP contribution >= 0.6 is 18.5 Å². The van der Waals surface area contributed by atoms with E-state index in [4.69, 9.17) is 0 Å². The largest absolute Gasteiger partial charge is 0.309 e. The normalized spacial score (nSPS) is 17.1. The van der Waals surface area contributed by atoms with Crippen molar-refractivity contribution in [1.29, 1.82) is 0 Å². The molecule has 0 bridgehead atoms. The van der Waals surface area contributed by atoms with Gasteiger partial charge in [0.1, 0.15) is 0 Å². The zero-order valence-electron chi connectivity index (χ0n) is 31.0. The van der Waals surface area contributed by atoms with Gasteiger partial charge in [0.15, 0.2) is 7.14 Å². The third-order valence-electron chi connectivity index (χ3n) is 12.5. The van der Waals surface area contributed by atoms with E-state index >= 15 is 4.57 Å². The Hall–Kier alpha value is -6.31. The van der Waals surface area contributed by atoms with E-state index in [1.165, 1.54) is 80.7 Å². The monoisotopic (exact) mass is 762 g/mol. The molecular formula is C54H35OPS. The molecule has 0 fully saturated rings. The lowest BCUT2D eigenvalue weighted by atomic mass is 9.84. The lowest BCUT2D eigenvalue weighted by Gasteiger charge is -2.24. The van der Waals surface area contributed by atoms with E-state index in [0.717, 1.165) is 33.5 Å². The van der Waals surface area contributed by atoms with Crippen molar-refractivity contribution in [2.24, 2.45) is 0 Å². The number of hydrogen-bond donors (Lipinski definition) is 0. The zero-order valence-corrected chi connectivity index (χ0v) is 32.7. The molecule has 10 aromatic rings. The minimum Gasteiger partial charge on any atom is -0.309 e. The molecule has 9 aromatic carbocycles. The van der Waals surface area contributed by atoms with E-state index in [1.54, 1.807) is 0 Å². The molecule has 1 aliphatic carbocycles. The Morgan fingerprint density at radius 2 is 1.04 bits per heavy atom. The summed E-state index contributed by atoms with van der Waals surface area (Å²) in [6.45, 7) is 0. The highest BCUT2D eigenvalue weighted by atomic mass is 32.1. The Morgan fingerprint density at radius 1 is 0.456 bits per heavy atom. The minimum atomic E-state index is -3.33. The molecule has 0 saturated carbocycles. The Morgan fingerprint density at radius 3 is 1.74 bits per heavy atom. The highest BCUT2D eigenvalue weighted by molar-refractivity contribution is 7.85. The molecule has 1 aliphatic heterocycles. The highest BCUT2D eigenvalue weighted by Crippen LogP contribution is 2.55. The van der Waals surface area contributed by atoms with Gasteiger partial charge in [-0.25, -0.2) is 0 Å². The van der Waals surface area contributed by atoms with Crippen molar-refractivity contribution in [3.05, 3.63) is 210 Å². The van der Waals surface area contributed by atoms with Crippen LogP contribution in [0, 0.1) is 0 Å². The number of rotatable bonds is 4. The van der Waals surface area contributed by atoms with Gasteiger partial charge in [-0.1, -0.05) is 176 Å². The lowest BCUT2D eigenvalue weighted by molar-refractivity contribution is 0.592. The predicted octanol–water partition coefficient (Wildman–Crippen LogP) is 13.5. The fourth-order valence-corrected chi connectivity index (χ4v) is 14.3. The highest BCUT2D eigenvalue weighted by Gasteiger charge is 2.42. The maximum atomic E-state index is 16.6. The second-order valence-corrected chi connectivity index (χ2v) is 19.2. The first-order chi connectivity index (χ1) is 28.1. The van der Waals surface area contributed by atoms with E-state index < -0.39 is 7.14 Å². The van der Waals surface area contributed by atoms with Gasteiger partial charge in [-0.15, -0.1) is 11.3 Å². The number of benzene rings is 9. The van der Waals surface area contributed by atoms with Gasteiger partial charge >= 0.3 is 0 Å². The molecule has 1 nitrogen and oxygen atoms in total. The quantitative estimate of drug-likeness (QED) is 0.129. The molecule has 0 saturated heterocycles. The molecule has 0 N–H and O–H groups in total. The molecular weight excluding hydrogens is 728 g/mol. The van der Waals surface area contributed by atoms with Crippen LogP contribution in [-0.4, -0.2) is 0 Å². The molecule has 2 aliphatic rings. The fraction of sp³-hybridized carbons (Fsp3) is 0.0370. The first-order valence-corrected chi connectivity index (χ1v) is 22.2. The third-order valence-corrected chi connectivity index (χ3v) is 16.8. The van der Waals surface area contributed by atoms with Gasteiger partial charge in [0, 0.05) is 42.0 Å². The van der Waals surface area contributed by atoms with Crippen LogP contribution in [-0.2, 0) is 11.0 Å². The molecule has 268 valence electrons. The standard InChI is InChI=1S/C54H35OPS/c55-56(39-17-5-2-6-18-39)48-24-13-16-36-31-46(34-14-3-1-4-15-34)47(54(36)48)30-35-26-27-37(32-49(35)56)52-42-20-7-9-22-44(42)53(45-23-10-8-21-43(45)52)38-28-29-41-40-19-11-12-25-50(40)57-51(41)33-38/h1-29,31-33,47H,30H2. The molecule has 1 aromatic heterocycles. The van der Waals surface area contributed by atoms with Crippen molar-refractivity contribution < 1.29 is 4.57 Å². The molecule has 0 amide bonds. The van der Waals surface area contributed by atoms with Crippen LogP contribution in [0.1, 0.15) is 28.2 Å². The van der Waals surface area contributed by atoms with Crippen molar-refractivity contribution in [3.63, 3.8) is 0 Å². The van der Waals surface area contributed by atoms with Crippen LogP contribution in [0.4, 0.5) is 0 Å². The summed E-state index contributed by atoms with van der Waals surface area (Å²) in [5.41, 5.74) is 10.8. The molecule has 57 heavy (non-hydrogen) atoms. The van der Waals surface area contributed by atoms with Crippen LogP contribution in [0.2, 0.25) is 0 Å². The number of thiophene rings is 1. The van der Waals surface area contributed by atoms with E-state index in [2.05, 4.69) is 176 Å². The van der Waals surface area contributed by atoms with E-state index in [-0.39, 0.29) is 5.92 Å². The smallest absolute Gasteiger partial charge is 0.171 e. The Labute approximate surface area is 335 Å². The molecule has 2 unspecified atom stereocenters. The molecule has 3 heteroatoms. The van der Waals surface area contributed by atoms with Crippen molar-refractivity contribution in [3.8, 4) is 22.3 Å². The van der Waals surface area contributed by atoms with Gasteiger partial charge in [0.25, 0.3) is 0 Å². The van der Waals surface area contributed by atoms with Gasteiger partial charge in [0.05, 0.1) is 0 Å². The Balaban J connectivity index is 1.11. The predicted molar refractivity (Wildman–Crippen MR) is 245 cm³/mol. The second kappa shape index (κ2) is 12.6. The number of fused-ring (bicyclic) bond motifs is 6. The molecule has 2 heterocycles. The third kappa shape index (κ3) is 4.85. The summed E-state index contributed by atoms with van der Waals surface area (Å²) in [7, 11) is -3.33. The van der Waals surface area contributed by atoms with E-state index in [1.807, 2.05) is 29.5 Å². The first-order valence-electron chi connectivity index (χ1n) is 19.7. The Kier molecular flexibility index (Phi) is 7.27. The Bertz CT molecular complexity index is 3300. The van der Waals surface area contributed by atoms with Gasteiger partial charge in [0.2, 0.25) is 0 Å². The van der Waals surface area contributed by atoms with Crippen LogP contribution < -0.4 is 15.9 Å². The van der Waals surface area contributed by atoms with E-state index in [9.17, 15) is 0 Å². The summed E-state index contributed by atoms with van der Waals surface area (Å²) in [5.74, 6) is 0.113. The maximum absolute atomic E-state index is 16.6. The van der Waals surface area contributed by atoms with Gasteiger partial charge in [-0.2, -0.15) is 0 Å². The van der Waals surface area contributed by atoms with Crippen molar-refractivity contribution in [2.45, 2.75) is 12.3 Å². The van der Waals surface area contributed by atoms with Crippen molar-refractivity contribution >= 4 is 87.8 Å². The molecule has 0 spiro atoms. The fourth-order valence-electron chi connectivity index (χ4n) is 9.98. The SMILES string of the molecule is O=P1(c2ccccc2)c2cc(-c3c4ccccc4c(-c4ccc5c(c4)sc4ccccc45)c4ccccc34)ccc2CC2C(c3ccccc3)=Cc3cccc1c32. The van der Waals surface area contributed by atoms with Crippen LogP contribution in [0.3, 0.4) is 0 Å². The maximum Gasteiger partial charge on any atom is 0.171 e. The first kappa shape index (κ1) is 32.9. The summed E-state index contributed by atoms with van der Waals surface area (Å²) in [6, 6.07) is 67.8. The van der Waals surface area contributed by atoms with Crippen LogP contribution in [0.5, 0.6) is 0 Å². The van der Waals surface area contributed by atoms with Gasteiger partial charge in [-0.3, -0.25) is 0 Å². The van der Waals surface area contributed by atoms with Gasteiger partial charge in [-0.05, 0) is 96.2 Å². The number of allylic oxidation sites excluding steroid dienone is 1. The summed E-state index contributed by atoms with van der Waals surface area (Å²) in [5, 5.41) is 10.2. The van der Waals surface area contributed by atoms with Crippen LogP contribution in [0.15, 0.2) is 188 Å². The second-order valence-electron chi connectivity index (χ2n) is 15.4. The molecule has 12 rings (SSSR count). The summed E-state index contributed by atoms with van der Waals surface area (Å²) >= 11 is 1.86. The average molecular weight is 763 g/mol. The van der Waals surface area contributed by atoms with E-state index in [0.29, 0.717) is 0 Å². The lowest BCUT2D eigenvalue weighted by Crippen LogP contribution is -2.27. The number of hydrogen-bond acceptors (Lipinski definition) is 2. The average Bonchev–Trinajstić information content (AvgIpc) is 3.80. The summed E-state index contributed by atoms with van der Waals surface area (Å²) in [4.78, 5) is 0. The van der Waals surface area contributed by atoms with Crippen LogP contribution in [0.25, 0.3) is 75.6 Å². The van der Waals surface area contributed by atoms with Gasteiger partial charge < -0.3 is 4.57 Å². The van der Waals surface area contributed by atoms with Crippen molar-refractivity contribution in [2.75, 3.05) is 0 Å².